The summed E-state index contributed by atoms with van der Waals surface area (Å²) in [6.07, 6.45) is 0.993. The van der Waals surface area contributed by atoms with Gasteiger partial charge in [0.1, 0.15) is 0 Å². The summed E-state index contributed by atoms with van der Waals surface area (Å²) in [7, 11) is -0.699. The van der Waals surface area contributed by atoms with Crippen molar-refractivity contribution in [2.24, 2.45) is 0 Å². The smallest absolute Gasteiger partial charge is 0.334 e. The van der Waals surface area contributed by atoms with Crippen LogP contribution in [0.5, 0.6) is 0 Å². The molecular weight excluding hydrogens is 132 g/mol. The molecule has 0 radical (unpaired) electrons. The van der Waals surface area contributed by atoms with E-state index in [-0.39, 0.29) is 0 Å². The van der Waals surface area contributed by atoms with Gasteiger partial charge in [0.2, 0.25) is 0 Å². The van der Waals surface area contributed by atoms with E-state index in [1.54, 1.807) is 7.11 Å². The molecule has 0 saturated carbocycles. The highest BCUT2D eigenvalue weighted by molar-refractivity contribution is 6.66. The standard InChI is InChI=1S/C6H16O2Si/c1-5-6(2)9(4,7)8-3/h6-7H,5H2,1-4H3/t6-,9?/m1/s1. The molecule has 0 rings (SSSR count). The second kappa shape index (κ2) is 3.34. The molecule has 9 heavy (non-hydrogen) atoms. The van der Waals surface area contributed by atoms with Gasteiger partial charge in [-0.2, -0.15) is 0 Å². The lowest BCUT2D eigenvalue weighted by molar-refractivity contribution is 0.282. The van der Waals surface area contributed by atoms with Gasteiger partial charge in [0.05, 0.1) is 0 Å². The average Bonchev–Trinajstić information content (AvgIpc) is 1.86. The van der Waals surface area contributed by atoms with Crippen molar-refractivity contribution in [3.63, 3.8) is 0 Å². The molecule has 0 aromatic heterocycles. The zero-order chi connectivity index (χ0) is 7.49. The average molecular weight is 148 g/mol. The Bertz CT molecular complexity index is 83.1. The molecule has 1 unspecified atom stereocenters. The van der Waals surface area contributed by atoms with Crippen molar-refractivity contribution in [3.05, 3.63) is 0 Å². The zero-order valence-electron chi connectivity index (χ0n) is 6.64. The van der Waals surface area contributed by atoms with E-state index in [1.165, 1.54) is 0 Å². The van der Waals surface area contributed by atoms with Crippen LogP contribution in [-0.2, 0) is 4.43 Å². The summed E-state index contributed by atoms with van der Waals surface area (Å²) in [4.78, 5) is 9.51. The van der Waals surface area contributed by atoms with Gasteiger partial charge in [-0.15, -0.1) is 0 Å². The number of hydrogen-bond donors (Lipinski definition) is 1. The number of hydrogen-bond acceptors (Lipinski definition) is 2. The summed E-state index contributed by atoms with van der Waals surface area (Å²) in [5.41, 5.74) is 0.336. The summed E-state index contributed by atoms with van der Waals surface area (Å²) >= 11 is 0. The highest BCUT2D eigenvalue weighted by Gasteiger charge is 2.31. The molecule has 56 valence electrons. The Morgan fingerprint density at radius 3 is 2.22 bits per heavy atom. The summed E-state index contributed by atoms with van der Waals surface area (Å²) < 4.78 is 4.98. The molecule has 3 heteroatoms. The van der Waals surface area contributed by atoms with Crippen LogP contribution in [0.2, 0.25) is 12.1 Å². The Hall–Kier alpha value is 0.137. The Kier molecular flexibility index (Phi) is 3.39. The van der Waals surface area contributed by atoms with E-state index in [4.69, 9.17) is 4.43 Å². The second-order valence-electron chi connectivity index (χ2n) is 2.57. The lowest BCUT2D eigenvalue weighted by Crippen LogP contribution is -2.37. The van der Waals surface area contributed by atoms with Crippen molar-refractivity contribution >= 4 is 8.56 Å². The molecule has 2 atom stereocenters. The van der Waals surface area contributed by atoms with Crippen molar-refractivity contribution in [2.75, 3.05) is 7.11 Å². The van der Waals surface area contributed by atoms with E-state index in [1.807, 2.05) is 13.5 Å². The maximum absolute atomic E-state index is 9.51. The SMILES string of the molecule is CC[C@@H](C)[Si](C)(O)OC. The van der Waals surface area contributed by atoms with Crippen LogP contribution in [0.1, 0.15) is 20.3 Å². The van der Waals surface area contributed by atoms with E-state index >= 15 is 0 Å². The molecule has 0 saturated heterocycles. The molecule has 2 nitrogen and oxygen atoms in total. The molecule has 0 aliphatic rings. The molecule has 0 aromatic rings. The minimum absolute atomic E-state index is 0.336. The summed E-state index contributed by atoms with van der Waals surface area (Å²) in [5, 5.41) is 0. The normalized spacial score (nSPS) is 21.0. The predicted octanol–water partition coefficient (Wildman–Crippen LogP) is 1.50. The molecular formula is C6H16O2Si. The first-order valence-electron chi connectivity index (χ1n) is 3.32. The predicted molar refractivity (Wildman–Crippen MR) is 40.6 cm³/mol. The summed E-state index contributed by atoms with van der Waals surface area (Å²) in [6, 6.07) is 0. The van der Waals surface area contributed by atoms with Gasteiger partial charge in [-0.1, -0.05) is 20.3 Å². The van der Waals surface area contributed by atoms with Gasteiger partial charge in [0.15, 0.2) is 0 Å². The minimum atomic E-state index is -2.28. The van der Waals surface area contributed by atoms with Crippen LogP contribution in [0.3, 0.4) is 0 Å². The Labute approximate surface area is 58.1 Å². The van der Waals surface area contributed by atoms with Crippen LogP contribution in [-0.4, -0.2) is 20.5 Å². The fraction of sp³-hybridized carbons (Fsp3) is 1.00. The van der Waals surface area contributed by atoms with Crippen molar-refractivity contribution in [1.29, 1.82) is 0 Å². The first-order valence-corrected chi connectivity index (χ1v) is 5.75. The largest absolute Gasteiger partial charge is 0.411 e. The van der Waals surface area contributed by atoms with Crippen LogP contribution in [0.15, 0.2) is 0 Å². The fourth-order valence-electron chi connectivity index (χ4n) is 0.580. The zero-order valence-corrected chi connectivity index (χ0v) is 7.64. The molecule has 1 N–H and O–H groups in total. The molecule has 0 aromatic carbocycles. The van der Waals surface area contributed by atoms with Crippen LogP contribution in [0.4, 0.5) is 0 Å². The van der Waals surface area contributed by atoms with E-state index in [2.05, 4.69) is 6.92 Å². The maximum atomic E-state index is 9.51. The van der Waals surface area contributed by atoms with Gasteiger partial charge in [-0.05, 0) is 12.1 Å². The highest BCUT2D eigenvalue weighted by atomic mass is 28.4. The van der Waals surface area contributed by atoms with Crippen molar-refractivity contribution < 1.29 is 9.22 Å². The van der Waals surface area contributed by atoms with Crippen molar-refractivity contribution in [1.82, 2.24) is 0 Å². The Balaban J connectivity index is 3.80. The second-order valence-corrected chi connectivity index (χ2v) is 6.07. The van der Waals surface area contributed by atoms with Crippen LogP contribution >= 0.6 is 0 Å². The maximum Gasteiger partial charge on any atom is 0.334 e. The van der Waals surface area contributed by atoms with E-state index in [0.717, 1.165) is 6.42 Å². The van der Waals surface area contributed by atoms with Gasteiger partial charge in [0, 0.05) is 7.11 Å². The lowest BCUT2D eigenvalue weighted by atomic mass is 10.4. The summed E-state index contributed by atoms with van der Waals surface area (Å²) in [6.45, 7) is 5.90. The van der Waals surface area contributed by atoms with Gasteiger partial charge >= 0.3 is 8.56 Å². The third-order valence-corrected chi connectivity index (χ3v) is 5.00. The molecule has 0 fully saturated rings. The topological polar surface area (TPSA) is 29.5 Å². The van der Waals surface area contributed by atoms with E-state index in [9.17, 15) is 4.80 Å². The van der Waals surface area contributed by atoms with Crippen molar-refractivity contribution in [3.8, 4) is 0 Å². The van der Waals surface area contributed by atoms with E-state index < -0.39 is 8.56 Å². The van der Waals surface area contributed by atoms with Crippen molar-refractivity contribution in [2.45, 2.75) is 32.4 Å². The monoisotopic (exact) mass is 148 g/mol. The first kappa shape index (κ1) is 9.14. The van der Waals surface area contributed by atoms with Gasteiger partial charge in [-0.3, -0.25) is 0 Å². The van der Waals surface area contributed by atoms with Crippen LogP contribution in [0, 0.1) is 0 Å². The summed E-state index contributed by atoms with van der Waals surface area (Å²) in [5.74, 6) is 0. The van der Waals surface area contributed by atoms with Gasteiger partial charge < -0.3 is 9.22 Å². The van der Waals surface area contributed by atoms with Crippen LogP contribution in [0.25, 0.3) is 0 Å². The lowest BCUT2D eigenvalue weighted by Gasteiger charge is -2.23. The molecule has 0 aliphatic heterocycles. The Morgan fingerprint density at radius 1 is 1.67 bits per heavy atom. The van der Waals surface area contributed by atoms with Gasteiger partial charge in [0.25, 0.3) is 0 Å². The molecule has 0 amide bonds. The first-order chi connectivity index (χ1) is 4.04. The third kappa shape index (κ3) is 2.47. The molecule has 0 bridgehead atoms. The molecule has 0 heterocycles. The third-order valence-electron chi connectivity index (χ3n) is 1.94. The van der Waals surface area contributed by atoms with E-state index in [0.29, 0.717) is 5.54 Å². The van der Waals surface area contributed by atoms with Gasteiger partial charge in [-0.25, -0.2) is 0 Å². The highest BCUT2D eigenvalue weighted by Crippen LogP contribution is 2.21. The van der Waals surface area contributed by atoms with Crippen LogP contribution < -0.4 is 0 Å². The quantitative estimate of drug-likeness (QED) is 0.615. The fourth-order valence-corrected chi connectivity index (χ4v) is 1.74. The minimum Gasteiger partial charge on any atom is -0.411 e. The molecule has 0 spiro atoms. The number of rotatable bonds is 3. The molecule has 0 aliphatic carbocycles. The Morgan fingerprint density at radius 2 is 2.11 bits per heavy atom.